The molecule has 2 N–H and O–H groups in total. The number of methoxy groups -OCH3 is 1. The lowest BCUT2D eigenvalue weighted by atomic mass is 10.1. The SMILES string of the molecule is COc1ccc(F)cc1CNCCC1CCCN1. The third-order valence-corrected chi connectivity index (χ3v) is 3.39. The van der Waals surface area contributed by atoms with Gasteiger partial charge in [0.25, 0.3) is 0 Å². The molecule has 100 valence electrons. The highest BCUT2D eigenvalue weighted by Crippen LogP contribution is 2.19. The van der Waals surface area contributed by atoms with E-state index < -0.39 is 0 Å². The summed E-state index contributed by atoms with van der Waals surface area (Å²) >= 11 is 0. The first-order valence-electron chi connectivity index (χ1n) is 6.56. The van der Waals surface area contributed by atoms with E-state index in [1.54, 1.807) is 13.2 Å². The van der Waals surface area contributed by atoms with Gasteiger partial charge in [0, 0.05) is 18.2 Å². The largest absolute Gasteiger partial charge is 0.496 e. The molecule has 3 nitrogen and oxygen atoms in total. The first kappa shape index (κ1) is 13.3. The van der Waals surface area contributed by atoms with Gasteiger partial charge in [-0.1, -0.05) is 0 Å². The van der Waals surface area contributed by atoms with Gasteiger partial charge in [-0.3, -0.25) is 0 Å². The van der Waals surface area contributed by atoms with Crippen LogP contribution < -0.4 is 15.4 Å². The normalized spacial score (nSPS) is 19.1. The van der Waals surface area contributed by atoms with Crippen LogP contribution in [-0.4, -0.2) is 26.2 Å². The van der Waals surface area contributed by atoms with E-state index in [1.807, 2.05) is 0 Å². The molecule has 1 aromatic rings. The van der Waals surface area contributed by atoms with E-state index >= 15 is 0 Å². The Kier molecular flexibility index (Phi) is 4.96. The molecule has 2 rings (SSSR count). The summed E-state index contributed by atoms with van der Waals surface area (Å²) in [5, 5.41) is 6.81. The highest BCUT2D eigenvalue weighted by molar-refractivity contribution is 5.33. The molecule has 0 radical (unpaired) electrons. The molecule has 1 aliphatic rings. The third kappa shape index (κ3) is 3.68. The van der Waals surface area contributed by atoms with Crippen LogP contribution in [0.2, 0.25) is 0 Å². The Bertz CT molecular complexity index is 378. The molecule has 1 saturated heterocycles. The number of rotatable bonds is 6. The van der Waals surface area contributed by atoms with E-state index in [2.05, 4.69) is 10.6 Å². The van der Waals surface area contributed by atoms with Crippen molar-refractivity contribution in [1.82, 2.24) is 10.6 Å². The van der Waals surface area contributed by atoms with Crippen LogP contribution >= 0.6 is 0 Å². The van der Waals surface area contributed by atoms with Gasteiger partial charge in [0.2, 0.25) is 0 Å². The van der Waals surface area contributed by atoms with Crippen LogP contribution in [0.4, 0.5) is 4.39 Å². The number of hydrogen-bond donors (Lipinski definition) is 2. The molecule has 1 aromatic carbocycles. The fourth-order valence-electron chi connectivity index (χ4n) is 2.39. The number of benzene rings is 1. The van der Waals surface area contributed by atoms with Crippen molar-refractivity contribution in [1.29, 1.82) is 0 Å². The smallest absolute Gasteiger partial charge is 0.123 e. The lowest BCUT2D eigenvalue weighted by Crippen LogP contribution is -2.26. The highest BCUT2D eigenvalue weighted by Gasteiger charge is 2.13. The van der Waals surface area contributed by atoms with Crippen LogP contribution in [0.15, 0.2) is 18.2 Å². The van der Waals surface area contributed by atoms with Gasteiger partial charge < -0.3 is 15.4 Å². The number of nitrogens with one attached hydrogen (secondary N) is 2. The number of ether oxygens (including phenoxy) is 1. The lowest BCUT2D eigenvalue weighted by Gasteiger charge is -2.12. The molecule has 0 bridgehead atoms. The van der Waals surface area contributed by atoms with Gasteiger partial charge in [-0.25, -0.2) is 4.39 Å². The zero-order valence-corrected chi connectivity index (χ0v) is 10.8. The maximum absolute atomic E-state index is 13.1. The van der Waals surface area contributed by atoms with Crippen molar-refractivity contribution >= 4 is 0 Å². The zero-order chi connectivity index (χ0) is 12.8. The van der Waals surface area contributed by atoms with Crippen molar-refractivity contribution in [3.8, 4) is 5.75 Å². The summed E-state index contributed by atoms with van der Waals surface area (Å²) in [5.74, 6) is 0.521. The standard InChI is InChI=1S/C14H21FN2O/c1-18-14-5-4-12(15)9-11(14)10-16-8-6-13-3-2-7-17-13/h4-5,9,13,16-17H,2-3,6-8,10H2,1H3. The highest BCUT2D eigenvalue weighted by atomic mass is 19.1. The fraction of sp³-hybridized carbons (Fsp3) is 0.571. The average Bonchev–Trinajstić information content (AvgIpc) is 2.88. The van der Waals surface area contributed by atoms with Gasteiger partial charge in [0.1, 0.15) is 11.6 Å². The van der Waals surface area contributed by atoms with Gasteiger partial charge in [-0.15, -0.1) is 0 Å². The van der Waals surface area contributed by atoms with E-state index in [1.165, 1.54) is 25.0 Å². The second-order valence-electron chi connectivity index (χ2n) is 4.71. The molecule has 1 aliphatic heterocycles. The van der Waals surface area contributed by atoms with E-state index in [0.29, 0.717) is 12.6 Å². The Morgan fingerprint density at radius 3 is 3.11 bits per heavy atom. The molecule has 1 unspecified atom stereocenters. The molecule has 0 amide bonds. The maximum atomic E-state index is 13.1. The summed E-state index contributed by atoms with van der Waals surface area (Å²) in [7, 11) is 1.61. The van der Waals surface area contributed by atoms with Crippen molar-refractivity contribution in [2.45, 2.75) is 31.8 Å². The Morgan fingerprint density at radius 1 is 1.50 bits per heavy atom. The van der Waals surface area contributed by atoms with Crippen molar-refractivity contribution in [3.63, 3.8) is 0 Å². The molecule has 1 heterocycles. The quantitative estimate of drug-likeness (QED) is 0.760. The van der Waals surface area contributed by atoms with Crippen LogP contribution in [0, 0.1) is 5.82 Å². The van der Waals surface area contributed by atoms with Crippen LogP contribution in [0.1, 0.15) is 24.8 Å². The minimum absolute atomic E-state index is 0.218. The molecule has 0 aromatic heterocycles. The van der Waals surface area contributed by atoms with Gasteiger partial charge in [0.15, 0.2) is 0 Å². The van der Waals surface area contributed by atoms with Crippen molar-refractivity contribution < 1.29 is 9.13 Å². The van der Waals surface area contributed by atoms with Crippen molar-refractivity contribution in [2.24, 2.45) is 0 Å². The predicted molar refractivity (Wildman–Crippen MR) is 70.3 cm³/mol. The summed E-state index contributed by atoms with van der Waals surface area (Å²) in [5.41, 5.74) is 0.872. The second kappa shape index (κ2) is 6.71. The molecular weight excluding hydrogens is 231 g/mol. The van der Waals surface area contributed by atoms with Gasteiger partial charge in [-0.05, 0) is 50.6 Å². The van der Waals surface area contributed by atoms with Crippen LogP contribution in [0.5, 0.6) is 5.75 Å². The van der Waals surface area contributed by atoms with Crippen molar-refractivity contribution in [3.05, 3.63) is 29.6 Å². The fourth-order valence-corrected chi connectivity index (χ4v) is 2.39. The molecule has 0 aliphatic carbocycles. The monoisotopic (exact) mass is 252 g/mol. The average molecular weight is 252 g/mol. The maximum Gasteiger partial charge on any atom is 0.123 e. The van der Waals surface area contributed by atoms with Crippen LogP contribution in [0.25, 0.3) is 0 Å². The lowest BCUT2D eigenvalue weighted by molar-refractivity contribution is 0.405. The predicted octanol–water partition coefficient (Wildman–Crippen LogP) is 2.07. The van der Waals surface area contributed by atoms with Gasteiger partial charge in [-0.2, -0.15) is 0 Å². The Morgan fingerprint density at radius 2 is 2.39 bits per heavy atom. The van der Waals surface area contributed by atoms with Gasteiger partial charge in [0.05, 0.1) is 7.11 Å². The summed E-state index contributed by atoms with van der Waals surface area (Å²) < 4.78 is 18.4. The molecule has 1 fully saturated rings. The molecule has 1 atom stereocenters. The number of halogens is 1. The first-order chi connectivity index (χ1) is 8.79. The second-order valence-corrected chi connectivity index (χ2v) is 4.71. The Labute approximate surface area is 108 Å². The first-order valence-corrected chi connectivity index (χ1v) is 6.56. The van der Waals surface area contributed by atoms with E-state index in [-0.39, 0.29) is 5.82 Å². The summed E-state index contributed by atoms with van der Waals surface area (Å²) in [6.07, 6.45) is 3.67. The van der Waals surface area contributed by atoms with Crippen LogP contribution in [-0.2, 0) is 6.54 Å². The summed E-state index contributed by atoms with van der Waals surface area (Å²) in [6, 6.07) is 5.27. The zero-order valence-electron chi connectivity index (χ0n) is 10.8. The van der Waals surface area contributed by atoms with E-state index in [4.69, 9.17) is 4.74 Å². The van der Waals surface area contributed by atoms with Crippen molar-refractivity contribution in [2.75, 3.05) is 20.2 Å². The van der Waals surface area contributed by atoms with Crippen LogP contribution in [0.3, 0.4) is 0 Å². The van der Waals surface area contributed by atoms with E-state index in [0.717, 1.165) is 30.8 Å². The minimum atomic E-state index is -0.218. The summed E-state index contributed by atoms with van der Waals surface area (Å²) in [4.78, 5) is 0. The molecule has 18 heavy (non-hydrogen) atoms. The van der Waals surface area contributed by atoms with E-state index in [9.17, 15) is 4.39 Å². The molecular formula is C14H21FN2O. The Balaban J connectivity index is 1.76. The molecule has 4 heteroatoms. The minimum Gasteiger partial charge on any atom is -0.496 e. The van der Waals surface area contributed by atoms with Gasteiger partial charge >= 0.3 is 0 Å². The third-order valence-electron chi connectivity index (χ3n) is 3.39. The molecule has 0 spiro atoms. The summed E-state index contributed by atoms with van der Waals surface area (Å²) in [6.45, 7) is 2.73. The molecule has 0 saturated carbocycles. The number of hydrogen-bond acceptors (Lipinski definition) is 3. The Hall–Kier alpha value is -1.13. The topological polar surface area (TPSA) is 33.3 Å².